The normalized spacial score (nSPS) is 11.2. The van der Waals surface area contributed by atoms with Gasteiger partial charge in [-0.05, 0) is 31.2 Å². The van der Waals surface area contributed by atoms with Gasteiger partial charge in [0.25, 0.3) is 15.9 Å². The van der Waals surface area contributed by atoms with Crippen LogP contribution in [-0.2, 0) is 10.0 Å². The first-order valence-electron chi connectivity index (χ1n) is 7.67. The molecule has 1 aromatic heterocycles. The van der Waals surface area contributed by atoms with Gasteiger partial charge in [0.1, 0.15) is 5.56 Å². The Bertz CT molecular complexity index is 1100. The maximum absolute atomic E-state index is 13.3. The van der Waals surface area contributed by atoms with Gasteiger partial charge in [0, 0.05) is 23.1 Å². The highest BCUT2D eigenvalue weighted by Gasteiger charge is 2.28. The van der Waals surface area contributed by atoms with Crippen molar-refractivity contribution in [2.45, 2.75) is 11.9 Å². The third-order valence-corrected chi connectivity index (χ3v) is 4.91. The zero-order valence-electron chi connectivity index (χ0n) is 14.0. The van der Waals surface area contributed by atoms with Crippen molar-refractivity contribution in [2.24, 2.45) is 0 Å². The second-order valence-electron chi connectivity index (χ2n) is 5.58. The Kier molecular flexibility index (Phi) is 4.91. The minimum atomic E-state index is -4.16. The van der Waals surface area contributed by atoms with Crippen LogP contribution in [0, 0.1) is 18.6 Å². The van der Waals surface area contributed by atoms with Crippen molar-refractivity contribution in [1.29, 1.82) is 0 Å². The topological polar surface area (TPSA) is 104 Å². The van der Waals surface area contributed by atoms with Gasteiger partial charge in [-0.25, -0.2) is 8.78 Å². The van der Waals surface area contributed by atoms with Gasteiger partial charge < -0.3 is 5.32 Å². The van der Waals surface area contributed by atoms with Crippen molar-refractivity contribution in [1.82, 2.24) is 10.2 Å². The zero-order valence-corrected chi connectivity index (χ0v) is 14.8. The summed E-state index contributed by atoms with van der Waals surface area (Å²) in [4.78, 5) is 12.5. The largest absolute Gasteiger partial charge is 0.322 e. The van der Waals surface area contributed by atoms with Crippen LogP contribution in [0.25, 0.3) is 0 Å². The molecule has 1 heterocycles. The number of aromatic nitrogens is 2. The number of anilines is 2. The standard InChI is InChI=1S/C17H14F2N4O3S/c1-10-15(16(24)20-12-7-8-13(18)14(19)9-12)17(22-21-10)27(25,26)23-11-5-3-2-4-6-11/h2-9,23H,1H3,(H,20,24)(H,21,22). The van der Waals surface area contributed by atoms with Crippen LogP contribution in [0.15, 0.2) is 53.6 Å². The second-order valence-corrected chi connectivity index (χ2v) is 7.18. The van der Waals surface area contributed by atoms with E-state index in [1.54, 1.807) is 18.2 Å². The number of para-hydroxylation sites is 1. The molecule has 0 saturated heterocycles. The van der Waals surface area contributed by atoms with E-state index in [9.17, 15) is 22.0 Å². The molecule has 0 bridgehead atoms. The van der Waals surface area contributed by atoms with Crippen LogP contribution >= 0.6 is 0 Å². The molecule has 3 aromatic rings. The van der Waals surface area contributed by atoms with Gasteiger partial charge in [-0.3, -0.25) is 14.6 Å². The average molecular weight is 392 g/mol. The summed E-state index contributed by atoms with van der Waals surface area (Å²) in [6.07, 6.45) is 0. The lowest BCUT2D eigenvalue weighted by atomic mass is 10.2. The molecule has 0 atom stereocenters. The van der Waals surface area contributed by atoms with E-state index in [2.05, 4.69) is 20.2 Å². The van der Waals surface area contributed by atoms with Crippen LogP contribution in [0.3, 0.4) is 0 Å². The van der Waals surface area contributed by atoms with Crippen LogP contribution < -0.4 is 10.0 Å². The molecule has 0 unspecified atom stereocenters. The number of benzene rings is 2. The fraction of sp³-hybridized carbons (Fsp3) is 0.0588. The molecule has 0 saturated carbocycles. The third-order valence-electron chi connectivity index (χ3n) is 3.60. The molecule has 2 aromatic carbocycles. The minimum absolute atomic E-state index is 0.0288. The number of hydrogen-bond acceptors (Lipinski definition) is 4. The number of sulfonamides is 1. The number of amides is 1. The molecule has 1 amide bonds. The SMILES string of the molecule is Cc1[nH]nc(S(=O)(=O)Nc2ccccc2)c1C(=O)Nc1ccc(F)c(F)c1. The number of H-pyrrole nitrogens is 1. The van der Waals surface area contributed by atoms with E-state index in [1.165, 1.54) is 19.1 Å². The molecular weight excluding hydrogens is 378 g/mol. The monoisotopic (exact) mass is 392 g/mol. The first-order valence-corrected chi connectivity index (χ1v) is 9.15. The summed E-state index contributed by atoms with van der Waals surface area (Å²) in [6, 6.07) is 10.9. The van der Waals surface area contributed by atoms with Gasteiger partial charge in [-0.1, -0.05) is 18.2 Å². The zero-order chi connectivity index (χ0) is 19.6. The quantitative estimate of drug-likeness (QED) is 0.621. The smallest absolute Gasteiger partial charge is 0.282 e. The van der Waals surface area contributed by atoms with Crippen molar-refractivity contribution in [2.75, 3.05) is 10.0 Å². The van der Waals surface area contributed by atoms with Gasteiger partial charge in [0.15, 0.2) is 11.6 Å². The predicted octanol–water partition coefficient (Wildman–Crippen LogP) is 3.05. The Hall–Kier alpha value is -3.27. The first-order chi connectivity index (χ1) is 12.8. The molecule has 0 radical (unpaired) electrons. The van der Waals surface area contributed by atoms with E-state index < -0.39 is 32.6 Å². The highest BCUT2D eigenvalue weighted by Crippen LogP contribution is 2.22. The van der Waals surface area contributed by atoms with Crippen LogP contribution in [0.5, 0.6) is 0 Å². The predicted molar refractivity (Wildman–Crippen MR) is 94.9 cm³/mol. The molecular formula is C17H14F2N4O3S. The van der Waals surface area contributed by atoms with Crippen LogP contribution in [0.1, 0.15) is 16.1 Å². The summed E-state index contributed by atoms with van der Waals surface area (Å²) in [7, 11) is -4.16. The van der Waals surface area contributed by atoms with Crippen molar-refractivity contribution in [3.05, 3.63) is 71.4 Å². The number of carbonyl (C=O) groups excluding carboxylic acids is 1. The lowest BCUT2D eigenvalue weighted by molar-refractivity contribution is 0.102. The number of carbonyl (C=O) groups is 1. The Labute approximate surface area is 153 Å². The van der Waals surface area contributed by atoms with E-state index in [1.807, 2.05) is 0 Å². The lowest BCUT2D eigenvalue weighted by Crippen LogP contribution is -2.20. The maximum atomic E-state index is 13.3. The summed E-state index contributed by atoms with van der Waals surface area (Å²) < 4.78 is 53.9. The Morgan fingerprint density at radius 1 is 1.04 bits per heavy atom. The number of hydrogen-bond donors (Lipinski definition) is 3. The van der Waals surface area contributed by atoms with Gasteiger partial charge >= 0.3 is 0 Å². The maximum Gasteiger partial charge on any atom is 0.282 e. The summed E-state index contributed by atoms with van der Waals surface area (Å²) >= 11 is 0. The molecule has 0 fully saturated rings. The van der Waals surface area contributed by atoms with Crippen molar-refractivity contribution >= 4 is 27.3 Å². The molecule has 0 aliphatic heterocycles. The summed E-state index contributed by atoms with van der Waals surface area (Å²) in [5.74, 6) is -3.04. The van der Waals surface area contributed by atoms with E-state index in [0.717, 1.165) is 18.2 Å². The summed E-state index contributed by atoms with van der Waals surface area (Å²) in [6.45, 7) is 1.47. The summed E-state index contributed by atoms with van der Waals surface area (Å²) in [5.41, 5.74) is 0.232. The number of halogens is 2. The molecule has 7 nitrogen and oxygen atoms in total. The van der Waals surface area contributed by atoms with Crippen LogP contribution in [-0.4, -0.2) is 24.5 Å². The van der Waals surface area contributed by atoms with E-state index in [0.29, 0.717) is 5.69 Å². The number of aromatic amines is 1. The number of nitrogens with zero attached hydrogens (tertiary/aromatic N) is 1. The Morgan fingerprint density at radius 2 is 1.74 bits per heavy atom. The van der Waals surface area contributed by atoms with Gasteiger partial charge in [-0.2, -0.15) is 13.5 Å². The molecule has 10 heteroatoms. The Morgan fingerprint density at radius 3 is 2.41 bits per heavy atom. The van der Waals surface area contributed by atoms with Gasteiger partial charge in [-0.15, -0.1) is 0 Å². The van der Waals surface area contributed by atoms with E-state index >= 15 is 0 Å². The fourth-order valence-corrected chi connectivity index (χ4v) is 3.57. The van der Waals surface area contributed by atoms with Gasteiger partial charge in [0.2, 0.25) is 5.03 Å². The Balaban J connectivity index is 1.91. The van der Waals surface area contributed by atoms with E-state index in [-0.39, 0.29) is 16.9 Å². The first kappa shape index (κ1) is 18.5. The molecule has 27 heavy (non-hydrogen) atoms. The molecule has 3 rings (SSSR count). The molecule has 0 aliphatic carbocycles. The minimum Gasteiger partial charge on any atom is -0.322 e. The number of aryl methyl sites for hydroxylation is 1. The van der Waals surface area contributed by atoms with Gasteiger partial charge in [0.05, 0.1) is 0 Å². The number of rotatable bonds is 5. The van der Waals surface area contributed by atoms with Crippen molar-refractivity contribution in [3.8, 4) is 0 Å². The molecule has 0 aliphatic rings. The molecule has 140 valence electrons. The lowest BCUT2D eigenvalue weighted by Gasteiger charge is -2.09. The molecule has 3 N–H and O–H groups in total. The van der Waals surface area contributed by atoms with Crippen LogP contribution in [0.2, 0.25) is 0 Å². The fourth-order valence-electron chi connectivity index (χ4n) is 2.35. The van der Waals surface area contributed by atoms with E-state index in [4.69, 9.17) is 0 Å². The third kappa shape index (κ3) is 3.95. The second kappa shape index (κ2) is 7.16. The summed E-state index contributed by atoms with van der Waals surface area (Å²) in [5, 5.41) is 7.98. The average Bonchev–Trinajstić information content (AvgIpc) is 3.01. The van der Waals surface area contributed by atoms with Crippen molar-refractivity contribution < 1.29 is 22.0 Å². The van der Waals surface area contributed by atoms with Crippen LogP contribution in [0.4, 0.5) is 20.2 Å². The van der Waals surface area contributed by atoms with Crippen molar-refractivity contribution in [3.63, 3.8) is 0 Å². The molecule has 0 spiro atoms. The highest BCUT2D eigenvalue weighted by atomic mass is 32.2. The highest BCUT2D eigenvalue weighted by molar-refractivity contribution is 7.92. The number of nitrogens with one attached hydrogen (secondary N) is 3.